The normalized spacial score (nSPS) is 11.7. The number of aliphatic hydroxyl groups excluding tert-OH is 1. The van der Waals surface area contributed by atoms with E-state index in [1.54, 1.807) is 0 Å². The highest BCUT2D eigenvalue weighted by molar-refractivity contribution is 5.54. The van der Waals surface area contributed by atoms with Crippen LogP contribution in [0.5, 0.6) is 0 Å². The predicted molar refractivity (Wildman–Crippen MR) is 104 cm³/mol. The standard InChI is InChI=1S/C21H28N2O/c1-21(2,19-7-4-5-8-20(19)22-3)14-6-15-23-18-11-9-17(10-12-18)13-16-24/h4-12,15,22-24H,13-14,16H2,1-3H3/b15-6+. The van der Waals surface area contributed by atoms with Gasteiger partial charge < -0.3 is 15.7 Å². The summed E-state index contributed by atoms with van der Waals surface area (Å²) in [6.45, 7) is 4.71. The lowest BCUT2D eigenvalue weighted by Crippen LogP contribution is -2.18. The summed E-state index contributed by atoms with van der Waals surface area (Å²) in [6.07, 6.45) is 5.83. The minimum absolute atomic E-state index is 0.0583. The van der Waals surface area contributed by atoms with Crippen molar-refractivity contribution in [1.29, 1.82) is 0 Å². The average Bonchev–Trinajstić information content (AvgIpc) is 2.60. The summed E-state index contributed by atoms with van der Waals surface area (Å²) < 4.78 is 0. The van der Waals surface area contributed by atoms with Gasteiger partial charge in [-0.2, -0.15) is 0 Å². The largest absolute Gasteiger partial charge is 0.396 e. The molecule has 0 unspecified atom stereocenters. The monoisotopic (exact) mass is 324 g/mol. The molecule has 2 aromatic rings. The van der Waals surface area contributed by atoms with Crippen LogP contribution in [-0.4, -0.2) is 18.8 Å². The van der Waals surface area contributed by atoms with Crippen LogP contribution in [0.15, 0.2) is 60.8 Å². The molecule has 0 heterocycles. The minimum atomic E-state index is 0.0583. The summed E-state index contributed by atoms with van der Waals surface area (Å²) in [7, 11) is 1.97. The Morgan fingerprint density at radius 1 is 1.04 bits per heavy atom. The van der Waals surface area contributed by atoms with E-state index in [1.807, 2.05) is 37.5 Å². The van der Waals surface area contributed by atoms with Crippen LogP contribution in [0.2, 0.25) is 0 Å². The molecule has 3 N–H and O–H groups in total. The molecule has 0 saturated heterocycles. The van der Waals surface area contributed by atoms with Crippen molar-refractivity contribution in [3.8, 4) is 0 Å². The number of nitrogens with one attached hydrogen (secondary N) is 2. The van der Waals surface area contributed by atoms with Crippen LogP contribution in [0, 0.1) is 0 Å². The fraction of sp³-hybridized carbons (Fsp3) is 0.333. The first-order chi connectivity index (χ1) is 11.6. The van der Waals surface area contributed by atoms with Crippen molar-refractivity contribution in [2.24, 2.45) is 0 Å². The molecule has 0 aliphatic rings. The highest BCUT2D eigenvalue weighted by Gasteiger charge is 2.21. The Morgan fingerprint density at radius 3 is 2.42 bits per heavy atom. The molecule has 0 amide bonds. The first kappa shape index (κ1) is 18.1. The SMILES string of the molecule is CNc1ccccc1C(C)(C)C/C=C/Nc1ccc(CCO)cc1. The van der Waals surface area contributed by atoms with Crippen LogP contribution in [0.25, 0.3) is 0 Å². The molecule has 0 saturated carbocycles. The van der Waals surface area contributed by atoms with E-state index >= 15 is 0 Å². The maximum atomic E-state index is 8.94. The van der Waals surface area contributed by atoms with Gasteiger partial charge in [0.1, 0.15) is 0 Å². The number of hydrogen-bond donors (Lipinski definition) is 3. The smallest absolute Gasteiger partial charge is 0.0471 e. The molecule has 0 aliphatic carbocycles. The summed E-state index contributed by atoms with van der Waals surface area (Å²) in [5.41, 5.74) is 4.77. The van der Waals surface area contributed by atoms with Crippen LogP contribution < -0.4 is 10.6 Å². The maximum Gasteiger partial charge on any atom is 0.0471 e. The van der Waals surface area contributed by atoms with E-state index in [0.717, 1.165) is 17.7 Å². The van der Waals surface area contributed by atoms with Gasteiger partial charge in [-0.3, -0.25) is 0 Å². The molecular formula is C21H28N2O. The molecule has 0 bridgehead atoms. The van der Waals surface area contributed by atoms with Gasteiger partial charge in [0.15, 0.2) is 0 Å². The minimum Gasteiger partial charge on any atom is -0.396 e. The lowest BCUT2D eigenvalue weighted by atomic mass is 9.80. The molecular weight excluding hydrogens is 296 g/mol. The molecule has 0 fully saturated rings. The number of aliphatic hydroxyl groups is 1. The second kappa shape index (κ2) is 8.55. The molecule has 0 spiro atoms. The zero-order valence-corrected chi connectivity index (χ0v) is 14.8. The third-order valence-corrected chi connectivity index (χ3v) is 4.28. The van der Waals surface area contributed by atoms with E-state index in [4.69, 9.17) is 5.11 Å². The van der Waals surface area contributed by atoms with Gasteiger partial charge in [0.25, 0.3) is 0 Å². The van der Waals surface area contributed by atoms with Crippen molar-refractivity contribution < 1.29 is 5.11 Å². The van der Waals surface area contributed by atoms with Crippen molar-refractivity contribution in [3.63, 3.8) is 0 Å². The summed E-state index contributed by atoms with van der Waals surface area (Å²) in [5.74, 6) is 0. The number of para-hydroxylation sites is 1. The second-order valence-electron chi connectivity index (χ2n) is 6.60. The van der Waals surface area contributed by atoms with Crippen LogP contribution in [0.1, 0.15) is 31.4 Å². The van der Waals surface area contributed by atoms with Gasteiger partial charge in [0.2, 0.25) is 0 Å². The van der Waals surface area contributed by atoms with E-state index in [9.17, 15) is 0 Å². The van der Waals surface area contributed by atoms with Crippen LogP contribution >= 0.6 is 0 Å². The van der Waals surface area contributed by atoms with Gasteiger partial charge in [-0.25, -0.2) is 0 Å². The third-order valence-electron chi connectivity index (χ3n) is 4.28. The van der Waals surface area contributed by atoms with Crippen molar-refractivity contribution >= 4 is 11.4 Å². The van der Waals surface area contributed by atoms with E-state index < -0.39 is 0 Å². The number of allylic oxidation sites excluding steroid dienone is 1. The molecule has 0 aliphatic heterocycles. The van der Waals surface area contributed by atoms with Crippen molar-refractivity contribution in [2.75, 3.05) is 24.3 Å². The van der Waals surface area contributed by atoms with Crippen LogP contribution in [0.3, 0.4) is 0 Å². The molecule has 0 radical (unpaired) electrons. The highest BCUT2D eigenvalue weighted by atomic mass is 16.2. The van der Waals surface area contributed by atoms with E-state index in [2.05, 4.69) is 54.8 Å². The first-order valence-corrected chi connectivity index (χ1v) is 8.45. The molecule has 2 aromatic carbocycles. The van der Waals surface area contributed by atoms with E-state index in [-0.39, 0.29) is 12.0 Å². The van der Waals surface area contributed by atoms with Gasteiger partial charge in [-0.15, -0.1) is 0 Å². The average molecular weight is 324 g/mol. The summed E-state index contributed by atoms with van der Waals surface area (Å²) in [6, 6.07) is 16.6. The lowest BCUT2D eigenvalue weighted by molar-refractivity contribution is 0.299. The fourth-order valence-corrected chi connectivity index (χ4v) is 2.81. The van der Waals surface area contributed by atoms with Gasteiger partial charge in [-0.1, -0.05) is 50.3 Å². The Labute approximate surface area is 145 Å². The fourth-order valence-electron chi connectivity index (χ4n) is 2.81. The van der Waals surface area contributed by atoms with Crippen molar-refractivity contribution in [1.82, 2.24) is 0 Å². The summed E-state index contributed by atoms with van der Waals surface area (Å²) >= 11 is 0. The van der Waals surface area contributed by atoms with Crippen molar-refractivity contribution in [3.05, 3.63) is 71.9 Å². The quantitative estimate of drug-likeness (QED) is 0.667. The molecule has 128 valence electrons. The van der Waals surface area contributed by atoms with Gasteiger partial charge in [-0.05, 0) is 53.8 Å². The Kier molecular flexibility index (Phi) is 6.44. The number of benzene rings is 2. The zero-order chi connectivity index (χ0) is 17.4. The third kappa shape index (κ3) is 4.87. The Bertz CT molecular complexity index is 660. The van der Waals surface area contributed by atoms with Gasteiger partial charge >= 0.3 is 0 Å². The topological polar surface area (TPSA) is 44.3 Å². The first-order valence-electron chi connectivity index (χ1n) is 8.45. The number of rotatable bonds is 8. The molecule has 3 nitrogen and oxygen atoms in total. The number of hydrogen-bond acceptors (Lipinski definition) is 3. The van der Waals surface area contributed by atoms with E-state index in [0.29, 0.717) is 6.42 Å². The van der Waals surface area contributed by atoms with E-state index in [1.165, 1.54) is 11.3 Å². The Morgan fingerprint density at radius 2 is 1.75 bits per heavy atom. The Hall–Kier alpha value is -2.26. The maximum absolute atomic E-state index is 8.94. The van der Waals surface area contributed by atoms with Crippen LogP contribution in [0.4, 0.5) is 11.4 Å². The Balaban J connectivity index is 1.95. The number of anilines is 2. The lowest BCUT2D eigenvalue weighted by Gasteiger charge is -2.26. The van der Waals surface area contributed by atoms with Gasteiger partial charge in [0, 0.05) is 25.0 Å². The molecule has 0 atom stereocenters. The van der Waals surface area contributed by atoms with Gasteiger partial charge in [0.05, 0.1) is 0 Å². The molecule has 2 rings (SSSR count). The zero-order valence-electron chi connectivity index (χ0n) is 14.8. The molecule has 0 aromatic heterocycles. The molecule has 24 heavy (non-hydrogen) atoms. The molecule has 3 heteroatoms. The summed E-state index contributed by atoms with van der Waals surface area (Å²) in [5, 5.41) is 15.5. The van der Waals surface area contributed by atoms with Crippen molar-refractivity contribution in [2.45, 2.75) is 32.1 Å². The summed E-state index contributed by atoms with van der Waals surface area (Å²) in [4.78, 5) is 0. The van der Waals surface area contributed by atoms with Crippen LogP contribution in [-0.2, 0) is 11.8 Å². The predicted octanol–water partition coefficient (Wildman–Crippen LogP) is 4.56. The second-order valence-corrected chi connectivity index (χ2v) is 6.60. The highest BCUT2D eigenvalue weighted by Crippen LogP contribution is 2.32.